The summed E-state index contributed by atoms with van der Waals surface area (Å²) in [5.74, 6) is -1.31. The number of carboxylic acid groups (broad SMARTS) is 1. The highest BCUT2D eigenvalue weighted by Gasteiger charge is 2.33. The minimum absolute atomic E-state index is 0.0000397. The lowest BCUT2D eigenvalue weighted by atomic mass is 9.84. The Hall–Kier alpha value is -1.76. The lowest BCUT2D eigenvalue weighted by molar-refractivity contribution is -0.274. The van der Waals surface area contributed by atoms with Gasteiger partial charge >= 0.3 is 12.3 Å². The second kappa shape index (κ2) is 7.68. The van der Waals surface area contributed by atoms with Crippen LogP contribution in [0.3, 0.4) is 0 Å². The van der Waals surface area contributed by atoms with Gasteiger partial charge in [0.2, 0.25) is 0 Å². The van der Waals surface area contributed by atoms with E-state index < -0.39 is 17.9 Å². The van der Waals surface area contributed by atoms with Crippen LogP contribution in [0.5, 0.6) is 5.75 Å². The first kappa shape index (κ1) is 19.3. The molecule has 130 valence electrons. The molecule has 23 heavy (non-hydrogen) atoms. The van der Waals surface area contributed by atoms with Gasteiger partial charge in [0, 0.05) is 0 Å². The Morgan fingerprint density at radius 2 is 1.96 bits per heavy atom. The summed E-state index contributed by atoms with van der Waals surface area (Å²) in [6.07, 6.45) is -2.88. The Kier molecular flexibility index (Phi) is 6.44. The molecular formula is C16H22F3NO3. The Bertz CT molecular complexity index is 530. The van der Waals surface area contributed by atoms with Gasteiger partial charge in [-0.05, 0) is 43.7 Å². The van der Waals surface area contributed by atoms with Gasteiger partial charge in [-0.3, -0.25) is 4.79 Å². The molecule has 7 heteroatoms. The van der Waals surface area contributed by atoms with Crippen molar-refractivity contribution >= 4 is 5.97 Å². The Labute approximate surface area is 133 Å². The van der Waals surface area contributed by atoms with Crippen LogP contribution in [0.4, 0.5) is 13.2 Å². The molecule has 0 radical (unpaired) electrons. The van der Waals surface area contributed by atoms with Crippen LogP contribution >= 0.6 is 0 Å². The van der Waals surface area contributed by atoms with Crippen molar-refractivity contribution in [1.82, 2.24) is 0 Å². The van der Waals surface area contributed by atoms with Crippen molar-refractivity contribution in [2.75, 3.05) is 0 Å². The standard InChI is InChI=1S/C16H22F3NO3/c1-3-11(10-15(2,20)14(21)22)8-9-12-6-4-5-7-13(12)23-16(17,18)19/h4-7,11H,3,8-10,20H2,1-2H3,(H,21,22). The number of halogens is 3. The minimum Gasteiger partial charge on any atom is -0.480 e. The molecule has 0 spiro atoms. The number of aryl methyl sites for hydroxylation is 1. The molecule has 2 atom stereocenters. The van der Waals surface area contributed by atoms with Crippen molar-refractivity contribution in [3.63, 3.8) is 0 Å². The summed E-state index contributed by atoms with van der Waals surface area (Å²) in [6, 6.07) is 5.97. The van der Waals surface area contributed by atoms with Crippen LogP contribution in [0.2, 0.25) is 0 Å². The quantitative estimate of drug-likeness (QED) is 0.760. The van der Waals surface area contributed by atoms with Crippen molar-refractivity contribution in [2.45, 2.75) is 51.4 Å². The van der Waals surface area contributed by atoms with E-state index in [0.717, 1.165) is 0 Å². The van der Waals surface area contributed by atoms with E-state index in [0.29, 0.717) is 24.8 Å². The van der Waals surface area contributed by atoms with Crippen molar-refractivity contribution in [1.29, 1.82) is 0 Å². The number of hydrogen-bond acceptors (Lipinski definition) is 3. The molecule has 3 N–H and O–H groups in total. The van der Waals surface area contributed by atoms with E-state index in [4.69, 9.17) is 10.8 Å². The first-order valence-corrected chi connectivity index (χ1v) is 7.41. The monoisotopic (exact) mass is 333 g/mol. The summed E-state index contributed by atoms with van der Waals surface area (Å²) in [4.78, 5) is 11.1. The van der Waals surface area contributed by atoms with Crippen molar-refractivity contribution in [3.05, 3.63) is 29.8 Å². The van der Waals surface area contributed by atoms with Gasteiger partial charge in [0.05, 0.1) is 0 Å². The third-order valence-corrected chi connectivity index (χ3v) is 3.80. The molecular weight excluding hydrogens is 311 g/mol. The maximum Gasteiger partial charge on any atom is 0.573 e. The van der Waals surface area contributed by atoms with Crippen LogP contribution in [0, 0.1) is 5.92 Å². The number of ether oxygens (including phenoxy) is 1. The minimum atomic E-state index is -4.74. The molecule has 0 saturated heterocycles. The molecule has 0 aliphatic rings. The summed E-state index contributed by atoms with van der Waals surface area (Å²) >= 11 is 0. The number of benzene rings is 1. The number of alkyl halides is 3. The molecule has 0 aliphatic heterocycles. The molecule has 0 amide bonds. The lowest BCUT2D eigenvalue weighted by Gasteiger charge is -2.25. The molecule has 0 aliphatic carbocycles. The van der Waals surface area contributed by atoms with Gasteiger partial charge in [-0.15, -0.1) is 13.2 Å². The number of carbonyl (C=O) groups is 1. The first-order chi connectivity index (χ1) is 10.5. The van der Waals surface area contributed by atoms with E-state index in [1.54, 1.807) is 12.1 Å². The molecule has 1 aromatic rings. The largest absolute Gasteiger partial charge is 0.573 e. The Balaban J connectivity index is 2.75. The first-order valence-electron chi connectivity index (χ1n) is 7.41. The molecule has 0 aromatic heterocycles. The van der Waals surface area contributed by atoms with Crippen LogP contribution in [-0.4, -0.2) is 23.0 Å². The number of carboxylic acids is 1. The predicted octanol–water partition coefficient (Wildman–Crippen LogP) is 3.74. The van der Waals surface area contributed by atoms with Gasteiger partial charge in [0.15, 0.2) is 0 Å². The van der Waals surface area contributed by atoms with Crippen LogP contribution in [-0.2, 0) is 11.2 Å². The second-order valence-electron chi connectivity index (χ2n) is 5.90. The third-order valence-electron chi connectivity index (χ3n) is 3.80. The molecule has 0 bridgehead atoms. The highest BCUT2D eigenvalue weighted by Crippen LogP contribution is 2.29. The number of para-hydroxylation sites is 1. The number of nitrogens with two attached hydrogens (primary N) is 1. The number of aliphatic carboxylic acids is 1. The smallest absolute Gasteiger partial charge is 0.480 e. The molecule has 0 fully saturated rings. The van der Waals surface area contributed by atoms with Gasteiger partial charge in [0.1, 0.15) is 11.3 Å². The molecule has 0 heterocycles. The second-order valence-corrected chi connectivity index (χ2v) is 5.90. The molecule has 0 saturated carbocycles. The fourth-order valence-corrected chi connectivity index (χ4v) is 2.43. The zero-order valence-electron chi connectivity index (χ0n) is 13.2. The lowest BCUT2D eigenvalue weighted by Crippen LogP contribution is -2.46. The van der Waals surface area contributed by atoms with E-state index in [1.165, 1.54) is 19.1 Å². The summed E-state index contributed by atoms with van der Waals surface area (Å²) in [5, 5.41) is 9.07. The summed E-state index contributed by atoms with van der Waals surface area (Å²) < 4.78 is 41.2. The number of hydrogen-bond donors (Lipinski definition) is 2. The highest BCUT2D eigenvalue weighted by molar-refractivity contribution is 5.77. The maximum atomic E-state index is 12.4. The van der Waals surface area contributed by atoms with Gasteiger partial charge < -0.3 is 15.6 Å². The molecule has 4 nitrogen and oxygen atoms in total. The normalized spacial score (nSPS) is 15.7. The number of rotatable bonds is 8. The van der Waals surface area contributed by atoms with E-state index in [1.807, 2.05) is 6.92 Å². The molecule has 2 unspecified atom stereocenters. The van der Waals surface area contributed by atoms with Crippen molar-refractivity contribution < 1.29 is 27.8 Å². The molecule has 1 aromatic carbocycles. The van der Waals surface area contributed by atoms with Crippen LogP contribution in [0.25, 0.3) is 0 Å². The summed E-state index contributed by atoms with van der Waals surface area (Å²) in [7, 11) is 0. The van der Waals surface area contributed by atoms with E-state index in [-0.39, 0.29) is 18.1 Å². The van der Waals surface area contributed by atoms with Crippen LogP contribution in [0.15, 0.2) is 24.3 Å². The van der Waals surface area contributed by atoms with E-state index >= 15 is 0 Å². The van der Waals surface area contributed by atoms with Gasteiger partial charge in [0.25, 0.3) is 0 Å². The average molecular weight is 333 g/mol. The SMILES string of the molecule is CCC(CCc1ccccc1OC(F)(F)F)CC(C)(N)C(=O)O. The van der Waals surface area contributed by atoms with Gasteiger partial charge in [-0.1, -0.05) is 31.5 Å². The summed E-state index contributed by atoms with van der Waals surface area (Å²) in [6.45, 7) is 3.35. The van der Waals surface area contributed by atoms with Crippen LogP contribution < -0.4 is 10.5 Å². The summed E-state index contributed by atoms with van der Waals surface area (Å²) in [5.41, 5.74) is 4.84. The third kappa shape index (κ3) is 6.48. The molecule has 1 rings (SSSR count). The van der Waals surface area contributed by atoms with Gasteiger partial charge in [-0.25, -0.2) is 0 Å². The zero-order valence-corrected chi connectivity index (χ0v) is 13.2. The topological polar surface area (TPSA) is 72.5 Å². The Morgan fingerprint density at radius 3 is 2.48 bits per heavy atom. The fourth-order valence-electron chi connectivity index (χ4n) is 2.43. The van der Waals surface area contributed by atoms with E-state index in [2.05, 4.69) is 4.74 Å². The van der Waals surface area contributed by atoms with E-state index in [9.17, 15) is 18.0 Å². The van der Waals surface area contributed by atoms with Crippen LogP contribution in [0.1, 0.15) is 38.7 Å². The highest BCUT2D eigenvalue weighted by atomic mass is 19.4. The Morgan fingerprint density at radius 1 is 1.35 bits per heavy atom. The van der Waals surface area contributed by atoms with Crippen molar-refractivity contribution in [3.8, 4) is 5.75 Å². The maximum absolute atomic E-state index is 12.4. The van der Waals surface area contributed by atoms with Gasteiger partial charge in [-0.2, -0.15) is 0 Å². The predicted molar refractivity (Wildman–Crippen MR) is 80.1 cm³/mol. The average Bonchev–Trinajstić information content (AvgIpc) is 2.42. The fraction of sp³-hybridized carbons (Fsp3) is 0.562. The van der Waals surface area contributed by atoms with Crippen molar-refractivity contribution in [2.24, 2.45) is 11.7 Å². The zero-order chi connectivity index (χ0) is 17.7.